The van der Waals surface area contributed by atoms with E-state index in [2.05, 4.69) is 59.4 Å². The first-order valence-electron chi connectivity index (χ1n) is 22.9. The van der Waals surface area contributed by atoms with E-state index in [0.29, 0.717) is 63.9 Å². The van der Waals surface area contributed by atoms with E-state index in [1.165, 1.54) is 70.9 Å². The van der Waals surface area contributed by atoms with Crippen molar-refractivity contribution in [3.8, 4) is 40.4 Å². The molecule has 0 spiro atoms. The lowest BCUT2D eigenvalue weighted by atomic mass is 10.1. The Kier molecular flexibility index (Phi) is 16.6. The average Bonchev–Trinajstić information content (AvgIpc) is 4.17. The number of halogens is 2. The molecule has 8 aromatic rings. The van der Waals surface area contributed by atoms with E-state index in [9.17, 15) is 0 Å². The molecule has 0 fully saturated rings. The molecule has 0 saturated heterocycles. The van der Waals surface area contributed by atoms with Gasteiger partial charge in [-0.05, 0) is 98.5 Å². The summed E-state index contributed by atoms with van der Waals surface area (Å²) in [7, 11) is 3.32. The number of hydrogen-bond donors (Lipinski definition) is 0. The van der Waals surface area contributed by atoms with Crippen molar-refractivity contribution in [2.75, 3.05) is 53.9 Å². The summed E-state index contributed by atoms with van der Waals surface area (Å²) in [6.45, 7) is 8.14. The summed E-state index contributed by atoms with van der Waals surface area (Å²) in [6.07, 6.45) is 12.1. The first-order chi connectivity index (χ1) is 31.4. The van der Waals surface area contributed by atoms with Gasteiger partial charge in [0.2, 0.25) is 0 Å². The Morgan fingerprint density at radius 2 is 0.859 bits per heavy atom. The molecule has 0 amide bonds. The summed E-state index contributed by atoms with van der Waals surface area (Å²) in [4.78, 5) is 9.24. The van der Waals surface area contributed by atoms with Crippen molar-refractivity contribution in [2.24, 2.45) is 0 Å². The van der Waals surface area contributed by atoms with E-state index in [0.717, 1.165) is 65.2 Å². The van der Waals surface area contributed by atoms with Crippen LogP contribution >= 0.6 is 45.3 Å². The van der Waals surface area contributed by atoms with Gasteiger partial charge in [0.25, 0.3) is 0 Å². The van der Waals surface area contributed by atoms with Crippen LogP contribution in [0, 0.1) is 11.6 Å². The zero-order valence-electron chi connectivity index (χ0n) is 37.6. The van der Waals surface area contributed by atoms with Crippen molar-refractivity contribution in [2.45, 2.75) is 91.1 Å². The van der Waals surface area contributed by atoms with E-state index in [1.54, 1.807) is 49.0 Å². The van der Waals surface area contributed by atoms with Gasteiger partial charge in [-0.1, -0.05) is 52.4 Å². The van der Waals surface area contributed by atoms with E-state index in [1.807, 2.05) is 46.9 Å². The van der Waals surface area contributed by atoms with Crippen LogP contribution < -0.4 is 0 Å². The van der Waals surface area contributed by atoms with Gasteiger partial charge in [-0.15, -0.1) is 45.3 Å². The molecule has 0 aliphatic rings. The molecule has 6 heterocycles. The molecule has 0 unspecified atom stereocenters. The molecule has 64 heavy (non-hydrogen) atoms. The number of rotatable bonds is 26. The summed E-state index contributed by atoms with van der Waals surface area (Å²) in [5.41, 5.74) is 4.57. The first kappa shape index (κ1) is 46.8. The van der Waals surface area contributed by atoms with Gasteiger partial charge in [-0.25, -0.2) is 8.78 Å². The van der Waals surface area contributed by atoms with Crippen LogP contribution in [0.5, 0.6) is 0 Å². The molecule has 0 atom stereocenters. The molecule has 6 aromatic heterocycles. The highest BCUT2D eigenvalue weighted by Crippen LogP contribution is 2.45. The number of aryl methyl sites for hydroxylation is 2. The SMILES string of the molecule is CCCCCCc1ccc(-c2ccc(-c3cc4c(cc3F)c3c(c5cc(F)c(-c6ccc(-c7ccc(CCCCCC)s7)s6)cc5n3CCOCCOC)n4CCOCCOC)s2)s1. The molecule has 12 heteroatoms. The van der Waals surface area contributed by atoms with Crippen molar-refractivity contribution in [1.29, 1.82) is 0 Å². The molecule has 8 rings (SSSR count). The van der Waals surface area contributed by atoms with Crippen LogP contribution in [0.3, 0.4) is 0 Å². The maximum atomic E-state index is 16.8. The van der Waals surface area contributed by atoms with Gasteiger partial charge in [-0.3, -0.25) is 0 Å². The Hall–Kier alpha value is -3.72. The van der Waals surface area contributed by atoms with Crippen molar-refractivity contribution >= 4 is 78.2 Å². The highest BCUT2D eigenvalue weighted by molar-refractivity contribution is 7.24. The van der Waals surface area contributed by atoms with Crippen LogP contribution in [-0.2, 0) is 44.9 Å². The molecule has 0 radical (unpaired) electrons. The largest absolute Gasteiger partial charge is 0.382 e. The second-order valence-corrected chi connectivity index (χ2v) is 20.9. The van der Waals surface area contributed by atoms with Crippen molar-refractivity contribution < 1.29 is 27.7 Å². The number of thiophene rings is 4. The third-order valence-corrected chi connectivity index (χ3v) is 16.8. The molecule has 0 saturated carbocycles. The van der Waals surface area contributed by atoms with Crippen molar-refractivity contribution in [3.05, 3.63) is 94.2 Å². The van der Waals surface area contributed by atoms with Crippen LogP contribution in [0.4, 0.5) is 8.78 Å². The van der Waals surface area contributed by atoms with E-state index in [-0.39, 0.29) is 11.6 Å². The number of aromatic nitrogens is 2. The van der Waals surface area contributed by atoms with Gasteiger partial charge >= 0.3 is 0 Å². The lowest BCUT2D eigenvalue weighted by Gasteiger charge is -2.12. The Labute approximate surface area is 392 Å². The Bertz CT molecular complexity index is 2570. The fourth-order valence-corrected chi connectivity index (χ4v) is 12.9. The fraction of sp³-hybridized carbons (Fsp3) is 0.423. The van der Waals surface area contributed by atoms with Crippen LogP contribution in [0.25, 0.3) is 73.2 Å². The van der Waals surface area contributed by atoms with Crippen LogP contribution in [-0.4, -0.2) is 63.0 Å². The molecule has 0 aliphatic heterocycles. The Morgan fingerprint density at radius 3 is 1.28 bits per heavy atom. The second kappa shape index (κ2) is 22.7. The number of benzene rings is 2. The number of unbranched alkanes of at least 4 members (excludes halogenated alkanes) is 6. The molecule has 0 bridgehead atoms. The molecule has 0 N–H and O–H groups in total. The summed E-state index contributed by atoms with van der Waals surface area (Å²) in [5, 5.41) is 1.54. The second-order valence-electron chi connectivity index (χ2n) is 16.4. The Morgan fingerprint density at radius 1 is 0.453 bits per heavy atom. The van der Waals surface area contributed by atoms with Gasteiger partial charge in [0.15, 0.2) is 0 Å². The van der Waals surface area contributed by atoms with Crippen molar-refractivity contribution in [3.63, 3.8) is 0 Å². The minimum atomic E-state index is -0.289. The third kappa shape index (κ3) is 10.6. The predicted molar refractivity (Wildman–Crippen MR) is 269 cm³/mol. The summed E-state index contributed by atoms with van der Waals surface area (Å²) in [6, 6.07) is 24.5. The minimum Gasteiger partial charge on any atom is -0.382 e. The van der Waals surface area contributed by atoms with E-state index < -0.39 is 0 Å². The lowest BCUT2D eigenvalue weighted by Crippen LogP contribution is -2.09. The molecular formula is C52H60F2N2O4S4. The van der Waals surface area contributed by atoms with Crippen LogP contribution in [0.2, 0.25) is 0 Å². The number of hydrogen-bond acceptors (Lipinski definition) is 8. The third-order valence-electron chi connectivity index (χ3n) is 11.9. The van der Waals surface area contributed by atoms with E-state index in [4.69, 9.17) is 18.9 Å². The highest BCUT2D eigenvalue weighted by Gasteiger charge is 2.25. The number of ether oxygens (including phenoxy) is 4. The van der Waals surface area contributed by atoms with Crippen LogP contribution in [0.15, 0.2) is 72.8 Å². The number of nitrogens with zero attached hydrogens (tertiary/aromatic N) is 2. The molecule has 0 aliphatic carbocycles. The van der Waals surface area contributed by atoms with Gasteiger partial charge in [0.1, 0.15) is 11.6 Å². The minimum absolute atomic E-state index is 0.289. The molecule has 340 valence electrons. The zero-order valence-corrected chi connectivity index (χ0v) is 40.8. The average molecular weight is 943 g/mol. The zero-order chi connectivity index (χ0) is 44.4. The summed E-state index contributed by atoms with van der Waals surface area (Å²) >= 11 is 6.92. The quantitative estimate of drug-likeness (QED) is 0.0508. The van der Waals surface area contributed by atoms with E-state index >= 15 is 8.78 Å². The summed E-state index contributed by atoms with van der Waals surface area (Å²) < 4.78 is 60.5. The highest BCUT2D eigenvalue weighted by atomic mass is 32.1. The number of fused-ring (bicyclic) bond motifs is 5. The predicted octanol–water partition coefficient (Wildman–Crippen LogP) is 15.5. The first-order valence-corrected chi connectivity index (χ1v) is 26.2. The fourth-order valence-electron chi connectivity index (χ4n) is 8.61. The summed E-state index contributed by atoms with van der Waals surface area (Å²) in [5.74, 6) is -0.578. The molecule has 6 nitrogen and oxygen atoms in total. The van der Waals surface area contributed by atoms with Gasteiger partial charge < -0.3 is 28.1 Å². The maximum absolute atomic E-state index is 16.8. The maximum Gasteiger partial charge on any atom is 0.132 e. The molecular weight excluding hydrogens is 883 g/mol. The van der Waals surface area contributed by atoms with Gasteiger partial charge in [-0.2, -0.15) is 0 Å². The lowest BCUT2D eigenvalue weighted by molar-refractivity contribution is 0.0672. The van der Waals surface area contributed by atoms with Crippen molar-refractivity contribution in [1.82, 2.24) is 9.13 Å². The standard InChI is InChI=1S/C52H60F2N2O4S4/c1-5-7-9-11-13-35-15-17-47(61-35)49-21-19-45(63-49)37-33-43-39(31-41(37)53)51-52(55(43)23-25-59-29-27-57-3)40-32-42(54)38(34-44(40)56(51)24-26-60-30-28-58-4)46-20-22-50(64-46)48-18-16-36(62-48)14-12-10-8-6-2/h15-22,31-34H,5-14,23-30H2,1-4H3. The van der Waals surface area contributed by atoms with Crippen LogP contribution in [0.1, 0.15) is 75.0 Å². The topological polar surface area (TPSA) is 46.8 Å². The number of methoxy groups -OCH3 is 2. The molecule has 2 aromatic carbocycles. The van der Waals surface area contributed by atoms with Gasteiger partial charge in [0.05, 0.1) is 61.7 Å². The smallest absolute Gasteiger partial charge is 0.132 e. The monoisotopic (exact) mass is 942 g/mol. The Balaban J connectivity index is 1.19. The van der Waals surface area contributed by atoms with Gasteiger partial charge in [0, 0.05) is 88.2 Å². The normalized spacial score (nSPS) is 12.0.